The lowest BCUT2D eigenvalue weighted by atomic mass is 9.85. The molecule has 198 valence electrons. The highest BCUT2D eigenvalue weighted by atomic mass is 32.2. The average molecular weight is 530 g/mol. The smallest absolute Gasteiger partial charge is 0.244 e. The summed E-state index contributed by atoms with van der Waals surface area (Å²) in [6, 6.07) is 17.7. The maximum Gasteiger partial charge on any atom is 0.244 e. The molecule has 0 bridgehead atoms. The second-order valence-electron chi connectivity index (χ2n) is 10.00. The summed E-state index contributed by atoms with van der Waals surface area (Å²) < 4.78 is 40.0. The number of aliphatic hydroxyl groups excluding tert-OH is 3. The fraction of sp³-hybridized carbons (Fsp3) is 0.423. The minimum Gasteiger partial charge on any atom is -0.492 e. The summed E-state index contributed by atoms with van der Waals surface area (Å²) in [5, 5.41) is 35.8. The third-order valence-electron chi connectivity index (χ3n) is 6.95. The first-order chi connectivity index (χ1) is 17.7. The highest BCUT2D eigenvalue weighted by Gasteiger charge is 2.46. The van der Waals surface area contributed by atoms with E-state index >= 15 is 0 Å². The molecule has 11 heteroatoms. The van der Waals surface area contributed by atoms with Crippen LogP contribution in [0, 0.1) is 5.41 Å². The fourth-order valence-corrected chi connectivity index (χ4v) is 6.43. The molecule has 0 radical (unpaired) electrons. The van der Waals surface area contributed by atoms with E-state index in [1.54, 1.807) is 18.2 Å². The first kappa shape index (κ1) is 25.8. The van der Waals surface area contributed by atoms with E-state index in [1.807, 2.05) is 41.3 Å². The summed E-state index contributed by atoms with van der Waals surface area (Å²) in [7, 11) is -3.94. The lowest BCUT2D eigenvalue weighted by molar-refractivity contribution is 0.0389. The Morgan fingerprint density at radius 1 is 1.03 bits per heavy atom. The van der Waals surface area contributed by atoms with E-state index < -0.39 is 33.8 Å². The third-order valence-corrected chi connectivity index (χ3v) is 8.41. The van der Waals surface area contributed by atoms with E-state index in [-0.39, 0.29) is 49.7 Å². The number of sulfonamides is 1. The van der Waals surface area contributed by atoms with E-state index in [1.165, 1.54) is 6.07 Å². The van der Waals surface area contributed by atoms with Crippen LogP contribution in [0.25, 0.3) is 11.3 Å². The highest BCUT2D eigenvalue weighted by Crippen LogP contribution is 2.41. The van der Waals surface area contributed by atoms with Gasteiger partial charge >= 0.3 is 0 Å². The number of β-amino-alcohol motifs (C(OH)–C–C–N with tert-alkyl or cyclic N) is 1. The normalized spacial score (nSPS) is 28.7. The van der Waals surface area contributed by atoms with Gasteiger partial charge in [0.15, 0.2) is 5.76 Å². The van der Waals surface area contributed by atoms with E-state index in [4.69, 9.17) is 9.26 Å². The number of ether oxygens (including phenoxy) is 1. The molecule has 37 heavy (non-hydrogen) atoms. The number of nitrogens with one attached hydrogen (secondary N) is 1. The molecule has 4 atom stereocenters. The van der Waals surface area contributed by atoms with Crippen molar-refractivity contribution in [3.63, 3.8) is 0 Å². The molecule has 3 aromatic rings. The Morgan fingerprint density at radius 3 is 2.49 bits per heavy atom. The van der Waals surface area contributed by atoms with Gasteiger partial charge in [-0.15, -0.1) is 0 Å². The number of rotatable bonds is 3. The van der Waals surface area contributed by atoms with Crippen LogP contribution in [0.5, 0.6) is 5.75 Å². The van der Waals surface area contributed by atoms with Crippen molar-refractivity contribution in [1.82, 2.24) is 14.8 Å². The molecule has 2 aliphatic rings. The maximum atomic E-state index is 13.0. The van der Waals surface area contributed by atoms with Crippen LogP contribution >= 0.6 is 0 Å². The van der Waals surface area contributed by atoms with Crippen LogP contribution < -0.4 is 9.46 Å². The van der Waals surface area contributed by atoms with Gasteiger partial charge in [0.2, 0.25) is 10.0 Å². The Balaban J connectivity index is 1.45. The Hall–Kier alpha value is -2.80. The van der Waals surface area contributed by atoms with Crippen LogP contribution in [0.3, 0.4) is 0 Å². The SMILES string of the molecule is O=S1(=O)NC[C@H](O)CN(Cc2cc(-c3ccccc3)no2)CC2(COc3ccccc31)C[C@@H](O)[C@@H](O)C2. The van der Waals surface area contributed by atoms with Crippen molar-refractivity contribution in [2.24, 2.45) is 5.41 Å². The molecule has 1 unspecified atom stereocenters. The second kappa shape index (κ2) is 10.5. The van der Waals surface area contributed by atoms with Gasteiger partial charge in [0.25, 0.3) is 0 Å². The molecule has 1 fully saturated rings. The minimum atomic E-state index is -3.94. The summed E-state index contributed by atoms with van der Waals surface area (Å²) in [6.07, 6.45) is -2.36. The Morgan fingerprint density at radius 2 is 1.73 bits per heavy atom. The predicted octanol–water partition coefficient (Wildman–Crippen LogP) is 1.38. The number of hydrogen-bond donors (Lipinski definition) is 4. The predicted molar refractivity (Wildman–Crippen MR) is 134 cm³/mol. The molecule has 1 saturated carbocycles. The fourth-order valence-electron chi connectivity index (χ4n) is 5.22. The van der Waals surface area contributed by atoms with Gasteiger partial charge in [-0.2, -0.15) is 0 Å². The van der Waals surface area contributed by atoms with Gasteiger partial charge in [-0.05, 0) is 25.0 Å². The first-order valence-corrected chi connectivity index (χ1v) is 13.7. The quantitative estimate of drug-likeness (QED) is 0.395. The van der Waals surface area contributed by atoms with Crippen molar-refractivity contribution in [3.05, 3.63) is 66.4 Å². The van der Waals surface area contributed by atoms with Crippen LogP contribution in [0.4, 0.5) is 0 Å². The molecule has 1 aliphatic carbocycles. The van der Waals surface area contributed by atoms with Crippen LogP contribution in [0.1, 0.15) is 18.6 Å². The van der Waals surface area contributed by atoms with Crippen molar-refractivity contribution < 1.29 is 33.0 Å². The Labute approximate surface area is 215 Å². The van der Waals surface area contributed by atoms with Gasteiger partial charge in [-0.25, -0.2) is 13.1 Å². The van der Waals surface area contributed by atoms with Gasteiger partial charge in [0.1, 0.15) is 16.3 Å². The van der Waals surface area contributed by atoms with Crippen molar-refractivity contribution in [1.29, 1.82) is 0 Å². The number of hydrogen-bond acceptors (Lipinski definition) is 9. The van der Waals surface area contributed by atoms with Crippen LogP contribution in [0.2, 0.25) is 0 Å². The van der Waals surface area contributed by atoms with Crippen LogP contribution in [-0.4, -0.2) is 78.3 Å². The molecule has 2 heterocycles. The lowest BCUT2D eigenvalue weighted by Gasteiger charge is -2.36. The molecule has 0 amide bonds. The van der Waals surface area contributed by atoms with Gasteiger partial charge in [-0.3, -0.25) is 4.90 Å². The summed E-state index contributed by atoms with van der Waals surface area (Å²) in [4.78, 5) is 1.90. The molecule has 0 saturated heterocycles. The Bertz CT molecular complexity index is 1300. The summed E-state index contributed by atoms with van der Waals surface area (Å²) >= 11 is 0. The molecule has 1 aliphatic heterocycles. The van der Waals surface area contributed by atoms with Crippen LogP contribution in [0.15, 0.2) is 70.1 Å². The van der Waals surface area contributed by atoms with Gasteiger partial charge < -0.3 is 24.6 Å². The molecule has 2 aromatic carbocycles. The van der Waals surface area contributed by atoms with E-state index in [0.29, 0.717) is 18.0 Å². The molecule has 1 spiro atoms. The number of para-hydroxylation sites is 1. The third kappa shape index (κ3) is 5.87. The van der Waals surface area contributed by atoms with E-state index in [9.17, 15) is 23.7 Å². The number of fused-ring (bicyclic) bond motifs is 1. The number of aromatic nitrogens is 1. The zero-order valence-corrected chi connectivity index (χ0v) is 21.0. The van der Waals surface area contributed by atoms with Gasteiger partial charge in [0.05, 0.1) is 31.5 Å². The molecule has 10 nitrogen and oxygen atoms in total. The Kier molecular flexibility index (Phi) is 7.35. The van der Waals surface area contributed by atoms with Crippen molar-refractivity contribution in [2.75, 3.05) is 26.2 Å². The average Bonchev–Trinajstić information content (AvgIpc) is 3.45. The van der Waals surface area contributed by atoms with Gasteiger partial charge in [-0.1, -0.05) is 47.6 Å². The monoisotopic (exact) mass is 529 g/mol. The largest absolute Gasteiger partial charge is 0.492 e. The molecular formula is C26H31N3O7S. The summed E-state index contributed by atoms with van der Waals surface area (Å²) in [5.74, 6) is 0.744. The summed E-state index contributed by atoms with van der Waals surface area (Å²) in [5.41, 5.74) is 0.899. The van der Waals surface area contributed by atoms with Crippen molar-refractivity contribution in [3.8, 4) is 17.0 Å². The number of aliphatic hydroxyl groups is 3. The first-order valence-electron chi connectivity index (χ1n) is 12.2. The zero-order valence-electron chi connectivity index (χ0n) is 20.2. The second-order valence-corrected chi connectivity index (χ2v) is 11.7. The highest BCUT2D eigenvalue weighted by molar-refractivity contribution is 7.89. The molecular weight excluding hydrogens is 498 g/mol. The number of benzene rings is 2. The number of nitrogens with zero attached hydrogens (tertiary/aromatic N) is 2. The topological polar surface area (TPSA) is 145 Å². The molecule has 5 rings (SSSR count). The molecule has 1 aromatic heterocycles. The van der Waals surface area contributed by atoms with Crippen molar-refractivity contribution in [2.45, 2.75) is 42.6 Å². The van der Waals surface area contributed by atoms with Crippen LogP contribution in [-0.2, 0) is 16.6 Å². The minimum absolute atomic E-state index is 0.0241. The molecule has 4 N–H and O–H groups in total. The zero-order chi connectivity index (χ0) is 26.0. The van der Waals surface area contributed by atoms with Gasteiger partial charge in [0, 0.05) is 36.7 Å². The van der Waals surface area contributed by atoms with E-state index in [2.05, 4.69) is 9.88 Å². The maximum absolute atomic E-state index is 13.0. The summed E-state index contributed by atoms with van der Waals surface area (Å²) in [6.45, 7) is 0.658. The van der Waals surface area contributed by atoms with E-state index in [0.717, 1.165) is 5.56 Å². The standard InChI is InChI=1S/C26H31N3O7S/c30-19-13-27-37(33,34)25-9-5-4-8-24(25)35-17-26(11-22(31)23(32)12-26)16-29(14-19)15-20-10-21(28-36-20)18-6-2-1-3-7-18/h1-10,19,22-23,27,30-32H,11-17H2/t19-,22-,23+,26?/m0/s1. The lowest BCUT2D eigenvalue weighted by Crippen LogP contribution is -2.46. The van der Waals surface area contributed by atoms with Crippen molar-refractivity contribution >= 4 is 10.0 Å².